The van der Waals surface area contributed by atoms with Crippen LogP contribution < -0.4 is 11.5 Å². The quantitative estimate of drug-likeness (QED) is 0.331. The molecule has 6 N–H and O–H groups in total. The van der Waals surface area contributed by atoms with Gasteiger partial charge in [-0.05, 0) is 0 Å². The zero-order chi connectivity index (χ0) is 11.1. The number of azo groups is 1. The van der Waals surface area contributed by atoms with Gasteiger partial charge in [-0.1, -0.05) is 13.8 Å². The number of rotatable bonds is 6. The largest absolute Gasteiger partial charge is 0.387 e. The molecule has 0 amide bonds. The highest BCUT2D eigenvalue weighted by Gasteiger charge is 2.05. The molecule has 0 bridgehead atoms. The molecule has 0 heterocycles. The van der Waals surface area contributed by atoms with Crippen LogP contribution in [0.5, 0.6) is 0 Å². The average Bonchev–Trinajstić information content (AvgIpc) is 2.11. The van der Waals surface area contributed by atoms with Crippen molar-refractivity contribution >= 4 is 36.5 Å². The summed E-state index contributed by atoms with van der Waals surface area (Å²) >= 11 is 0. The van der Waals surface area contributed by atoms with E-state index in [1.54, 1.807) is 0 Å². The van der Waals surface area contributed by atoms with E-state index in [4.69, 9.17) is 22.3 Å². The van der Waals surface area contributed by atoms with E-state index in [-0.39, 0.29) is 48.3 Å². The maximum absolute atomic E-state index is 7.11. The van der Waals surface area contributed by atoms with Crippen LogP contribution >= 0.6 is 24.8 Å². The lowest BCUT2D eigenvalue weighted by molar-refractivity contribution is 0.680. The van der Waals surface area contributed by atoms with Crippen LogP contribution in [0.4, 0.5) is 0 Å². The number of nitrogens with zero attached hydrogens (tertiary/aromatic N) is 2. The Kier molecular flexibility index (Phi) is 13.6. The van der Waals surface area contributed by atoms with Gasteiger partial charge in [-0.3, -0.25) is 10.8 Å². The molecule has 0 aromatic heterocycles. The van der Waals surface area contributed by atoms with Crippen molar-refractivity contribution in [1.82, 2.24) is 0 Å². The van der Waals surface area contributed by atoms with Gasteiger partial charge >= 0.3 is 0 Å². The molecule has 6 nitrogen and oxygen atoms in total. The summed E-state index contributed by atoms with van der Waals surface area (Å²) in [5.41, 5.74) is 10.5. The van der Waals surface area contributed by atoms with Gasteiger partial charge in [0, 0.05) is 11.8 Å². The van der Waals surface area contributed by atoms with Crippen LogP contribution in [0.1, 0.15) is 13.8 Å². The number of hydrogen-bond donors (Lipinski definition) is 4. The maximum Gasteiger partial charge on any atom is 0.0953 e. The molecule has 0 saturated carbocycles. The molecule has 0 aliphatic rings. The summed E-state index contributed by atoms with van der Waals surface area (Å²) in [4.78, 5) is 0. The van der Waals surface area contributed by atoms with Crippen molar-refractivity contribution in [2.75, 3.05) is 13.1 Å². The topological polar surface area (TPSA) is 124 Å². The van der Waals surface area contributed by atoms with Crippen molar-refractivity contribution < 1.29 is 0 Å². The van der Waals surface area contributed by atoms with Gasteiger partial charge < -0.3 is 11.5 Å². The lowest BCUT2D eigenvalue weighted by atomic mass is 10.1. The normalized spacial score (nSPS) is 13.4. The van der Waals surface area contributed by atoms with Gasteiger partial charge in [-0.2, -0.15) is 10.2 Å². The van der Waals surface area contributed by atoms with Gasteiger partial charge in [0.1, 0.15) is 0 Å². The fourth-order valence-corrected chi connectivity index (χ4v) is 0.557. The van der Waals surface area contributed by atoms with E-state index < -0.39 is 0 Å². The van der Waals surface area contributed by atoms with Crippen LogP contribution in [0.2, 0.25) is 0 Å². The summed E-state index contributed by atoms with van der Waals surface area (Å²) in [6, 6.07) is 0. The van der Waals surface area contributed by atoms with E-state index >= 15 is 0 Å². The van der Waals surface area contributed by atoms with Gasteiger partial charge in [-0.15, -0.1) is 24.8 Å². The number of nitrogens with two attached hydrogens (primary N) is 2. The Morgan fingerprint density at radius 3 is 1.38 bits per heavy atom. The maximum atomic E-state index is 7.11. The molecular formula is C8H20Cl2N6. The standard InChI is InChI=1S/C8H18N6.2ClH/c1-5(7(9)10)3-13-14-4-6(2)8(11)12;;/h5-6H,3-4H2,1-2H3,(H3,9,10)(H3,11,12);2*1H. The Hall–Kier alpha value is -0.880. The van der Waals surface area contributed by atoms with Crippen molar-refractivity contribution in [3.05, 3.63) is 0 Å². The van der Waals surface area contributed by atoms with Crippen molar-refractivity contribution in [2.45, 2.75) is 13.8 Å². The SMILES string of the molecule is CC(CN=NCC(C)C(=N)N)C(=N)N.Cl.Cl. The highest BCUT2D eigenvalue weighted by molar-refractivity contribution is 5.85. The third-order valence-electron chi connectivity index (χ3n) is 1.87. The molecule has 8 heteroatoms. The minimum Gasteiger partial charge on any atom is -0.387 e. The molecule has 0 rings (SSSR count). The number of amidine groups is 2. The first-order chi connectivity index (χ1) is 6.45. The van der Waals surface area contributed by atoms with Crippen molar-refractivity contribution in [2.24, 2.45) is 33.5 Å². The lowest BCUT2D eigenvalue weighted by Gasteiger charge is -2.05. The average molecular weight is 271 g/mol. The fourth-order valence-electron chi connectivity index (χ4n) is 0.557. The smallest absolute Gasteiger partial charge is 0.0953 e. The van der Waals surface area contributed by atoms with Crippen LogP contribution in [-0.2, 0) is 0 Å². The van der Waals surface area contributed by atoms with E-state index in [9.17, 15) is 0 Å². The fraction of sp³-hybridized carbons (Fsp3) is 0.750. The molecule has 2 unspecified atom stereocenters. The van der Waals surface area contributed by atoms with Gasteiger partial charge in [0.05, 0.1) is 24.8 Å². The molecule has 96 valence electrons. The third kappa shape index (κ3) is 9.67. The van der Waals surface area contributed by atoms with Crippen molar-refractivity contribution in [1.29, 1.82) is 10.8 Å². The Labute approximate surface area is 108 Å². The molecule has 2 atom stereocenters. The number of hydrogen-bond acceptors (Lipinski definition) is 4. The zero-order valence-corrected chi connectivity index (χ0v) is 11.1. The second-order valence-corrected chi connectivity index (χ2v) is 3.36. The molecule has 0 radical (unpaired) electrons. The lowest BCUT2D eigenvalue weighted by Crippen LogP contribution is -2.23. The van der Waals surface area contributed by atoms with E-state index in [0.29, 0.717) is 13.1 Å². The molecule has 0 aliphatic carbocycles. The molecular weight excluding hydrogens is 251 g/mol. The van der Waals surface area contributed by atoms with Gasteiger partial charge in [-0.25, -0.2) is 0 Å². The van der Waals surface area contributed by atoms with Crippen LogP contribution in [0.3, 0.4) is 0 Å². The molecule has 0 aromatic carbocycles. The van der Waals surface area contributed by atoms with Crippen LogP contribution in [0.25, 0.3) is 0 Å². The summed E-state index contributed by atoms with van der Waals surface area (Å²) in [7, 11) is 0. The summed E-state index contributed by atoms with van der Waals surface area (Å²) in [6.45, 7) is 4.46. The molecule has 0 aromatic rings. The number of halogens is 2. The first kappa shape index (κ1) is 20.5. The van der Waals surface area contributed by atoms with Gasteiger partial charge in [0.15, 0.2) is 0 Å². The van der Waals surface area contributed by atoms with Crippen LogP contribution in [-0.4, -0.2) is 24.8 Å². The highest BCUT2D eigenvalue weighted by atomic mass is 35.5. The highest BCUT2D eigenvalue weighted by Crippen LogP contribution is 1.97. The van der Waals surface area contributed by atoms with E-state index in [1.807, 2.05) is 13.8 Å². The summed E-state index contributed by atoms with van der Waals surface area (Å²) in [5.74, 6) is 0.0740. The van der Waals surface area contributed by atoms with Gasteiger partial charge in [0.2, 0.25) is 0 Å². The predicted molar refractivity (Wildman–Crippen MR) is 71.2 cm³/mol. The molecule has 0 fully saturated rings. The third-order valence-corrected chi connectivity index (χ3v) is 1.87. The summed E-state index contributed by atoms with van der Waals surface area (Å²) in [5, 5.41) is 22.0. The van der Waals surface area contributed by atoms with E-state index in [1.165, 1.54) is 0 Å². The predicted octanol–water partition coefficient (Wildman–Crippen LogP) is 1.43. The second kappa shape index (κ2) is 10.6. The van der Waals surface area contributed by atoms with Crippen LogP contribution in [0.15, 0.2) is 10.2 Å². The second-order valence-electron chi connectivity index (χ2n) is 3.36. The van der Waals surface area contributed by atoms with Crippen molar-refractivity contribution in [3.63, 3.8) is 0 Å². The van der Waals surface area contributed by atoms with Crippen molar-refractivity contribution in [3.8, 4) is 0 Å². The Balaban J connectivity index is -0.000000845. The van der Waals surface area contributed by atoms with E-state index in [0.717, 1.165) is 0 Å². The summed E-state index contributed by atoms with van der Waals surface area (Å²) < 4.78 is 0. The molecule has 0 spiro atoms. The number of nitrogens with one attached hydrogen (secondary N) is 2. The first-order valence-corrected chi connectivity index (χ1v) is 4.46. The van der Waals surface area contributed by atoms with Crippen LogP contribution in [0, 0.1) is 22.7 Å². The van der Waals surface area contributed by atoms with Gasteiger partial charge in [0.25, 0.3) is 0 Å². The minimum atomic E-state index is -0.0774. The molecule has 0 saturated heterocycles. The zero-order valence-electron chi connectivity index (χ0n) is 9.43. The summed E-state index contributed by atoms with van der Waals surface area (Å²) in [6.07, 6.45) is 0. The Morgan fingerprint density at radius 2 is 1.19 bits per heavy atom. The Morgan fingerprint density at radius 1 is 0.938 bits per heavy atom. The molecule has 0 aliphatic heterocycles. The monoisotopic (exact) mass is 270 g/mol. The first-order valence-electron chi connectivity index (χ1n) is 4.46. The van der Waals surface area contributed by atoms with E-state index in [2.05, 4.69) is 10.2 Å². The molecule has 16 heavy (non-hydrogen) atoms. The Bertz CT molecular complexity index is 219. The minimum absolute atomic E-state index is 0.